The van der Waals surface area contributed by atoms with Crippen LogP contribution in [0.15, 0.2) is 18.3 Å². The molecule has 0 unspecified atom stereocenters. The molecule has 2 aliphatic rings. The Morgan fingerprint density at radius 2 is 2.32 bits per heavy atom. The van der Waals surface area contributed by atoms with E-state index >= 15 is 0 Å². The summed E-state index contributed by atoms with van der Waals surface area (Å²) in [7, 11) is 0. The molecular formula is C16H25N3. The molecule has 0 radical (unpaired) electrons. The number of pyridine rings is 1. The minimum Gasteiger partial charge on any atom is -0.316 e. The Morgan fingerprint density at radius 3 is 3.00 bits per heavy atom. The number of hydrogen-bond acceptors (Lipinski definition) is 3. The summed E-state index contributed by atoms with van der Waals surface area (Å²) < 4.78 is 0. The Kier molecular flexibility index (Phi) is 3.85. The van der Waals surface area contributed by atoms with Crippen molar-refractivity contribution in [1.29, 1.82) is 0 Å². The van der Waals surface area contributed by atoms with Crippen molar-refractivity contribution in [3.8, 4) is 0 Å². The van der Waals surface area contributed by atoms with Crippen molar-refractivity contribution >= 4 is 0 Å². The van der Waals surface area contributed by atoms with Crippen LogP contribution in [0, 0.1) is 5.41 Å². The van der Waals surface area contributed by atoms with Crippen molar-refractivity contribution in [2.24, 2.45) is 5.41 Å². The summed E-state index contributed by atoms with van der Waals surface area (Å²) in [6, 6.07) is 4.42. The molecule has 1 spiro atoms. The van der Waals surface area contributed by atoms with Gasteiger partial charge in [0.05, 0.1) is 5.69 Å². The second kappa shape index (κ2) is 5.59. The first-order valence-electron chi connectivity index (χ1n) is 7.67. The third-order valence-corrected chi connectivity index (χ3v) is 4.76. The number of hydrogen-bond donors (Lipinski definition) is 1. The van der Waals surface area contributed by atoms with Crippen molar-refractivity contribution in [2.75, 3.05) is 26.2 Å². The van der Waals surface area contributed by atoms with Gasteiger partial charge in [-0.3, -0.25) is 9.88 Å². The van der Waals surface area contributed by atoms with Crippen LogP contribution in [-0.2, 0) is 13.0 Å². The molecule has 19 heavy (non-hydrogen) atoms. The standard InChI is InChI=1S/C16H25N3/c1-2-14-4-5-15(18-10-14)11-19-9-7-16(13-19)6-3-8-17-12-16/h4-5,10,17H,2-3,6-9,11-13H2,1H3/t16-/m1/s1. The van der Waals surface area contributed by atoms with Gasteiger partial charge in [-0.1, -0.05) is 13.0 Å². The van der Waals surface area contributed by atoms with E-state index in [0.29, 0.717) is 5.41 Å². The van der Waals surface area contributed by atoms with Gasteiger partial charge in [-0.05, 0) is 55.8 Å². The second-order valence-electron chi connectivity index (χ2n) is 6.25. The van der Waals surface area contributed by atoms with Crippen LogP contribution in [0.1, 0.15) is 37.4 Å². The minimum absolute atomic E-state index is 0.557. The molecule has 2 aliphatic heterocycles. The van der Waals surface area contributed by atoms with Crippen LogP contribution in [0.25, 0.3) is 0 Å². The monoisotopic (exact) mass is 259 g/mol. The van der Waals surface area contributed by atoms with Gasteiger partial charge in [0.25, 0.3) is 0 Å². The van der Waals surface area contributed by atoms with Crippen molar-refractivity contribution < 1.29 is 0 Å². The van der Waals surface area contributed by atoms with Gasteiger partial charge in [0, 0.05) is 25.8 Å². The Labute approximate surface area is 116 Å². The summed E-state index contributed by atoms with van der Waals surface area (Å²) >= 11 is 0. The number of rotatable bonds is 3. The first kappa shape index (κ1) is 13.1. The van der Waals surface area contributed by atoms with Crippen molar-refractivity contribution in [1.82, 2.24) is 15.2 Å². The fraction of sp³-hybridized carbons (Fsp3) is 0.688. The quantitative estimate of drug-likeness (QED) is 0.902. The summed E-state index contributed by atoms with van der Waals surface area (Å²) in [6.45, 7) is 8.10. The van der Waals surface area contributed by atoms with Crippen molar-refractivity contribution in [3.05, 3.63) is 29.6 Å². The van der Waals surface area contributed by atoms with E-state index in [1.165, 1.54) is 56.7 Å². The van der Waals surface area contributed by atoms with Crippen LogP contribution in [0.5, 0.6) is 0 Å². The Hall–Kier alpha value is -0.930. The topological polar surface area (TPSA) is 28.2 Å². The van der Waals surface area contributed by atoms with E-state index in [1.807, 2.05) is 6.20 Å². The predicted octanol–water partition coefficient (Wildman–Crippen LogP) is 2.22. The number of likely N-dealkylation sites (tertiary alicyclic amines) is 1. The molecule has 1 aromatic rings. The number of aromatic nitrogens is 1. The Morgan fingerprint density at radius 1 is 1.37 bits per heavy atom. The number of nitrogens with zero attached hydrogens (tertiary/aromatic N) is 2. The van der Waals surface area contributed by atoms with Gasteiger partial charge in [-0.15, -0.1) is 0 Å². The molecule has 2 fully saturated rings. The third-order valence-electron chi connectivity index (χ3n) is 4.76. The van der Waals surface area contributed by atoms with Gasteiger partial charge in [0.2, 0.25) is 0 Å². The molecule has 3 heteroatoms. The Bertz CT molecular complexity index is 407. The van der Waals surface area contributed by atoms with E-state index in [4.69, 9.17) is 0 Å². The smallest absolute Gasteiger partial charge is 0.0544 e. The van der Waals surface area contributed by atoms with E-state index in [-0.39, 0.29) is 0 Å². The highest BCUT2D eigenvalue weighted by atomic mass is 15.2. The first-order chi connectivity index (χ1) is 9.30. The molecule has 0 amide bonds. The molecule has 3 rings (SSSR count). The maximum atomic E-state index is 4.59. The summed E-state index contributed by atoms with van der Waals surface area (Å²) in [5.74, 6) is 0. The molecule has 3 nitrogen and oxygen atoms in total. The number of nitrogens with one attached hydrogen (secondary N) is 1. The lowest BCUT2D eigenvalue weighted by Crippen LogP contribution is -2.41. The molecule has 1 atom stereocenters. The average Bonchev–Trinajstić information content (AvgIpc) is 2.83. The summed E-state index contributed by atoms with van der Waals surface area (Å²) in [5.41, 5.74) is 3.11. The second-order valence-corrected chi connectivity index (χ2v) is 6.25. The van der Waals surface area contributed by atoms with Crippen LogP contribution >= 0.6 is 0 Å². The zero-order valence-electron chi connectivity index (χ0n) is 12.0. The minimum atomic E-state index is 0.557. The number of aryl methyl sites for hydroxylation is 1. The van der Waals surface area contributed by atoms with Gasteiger partial charge in [-0.2, -0.15) is 0 Å². The van der Waals surface area contributed by atoms with Crippen molar-refractivity contribution in [3.63, 3.8) is 0 Å². The zero-order valence-corrected chi connectivity index (χ0v) is 12.0. The molecule has 3 heterocycles. The summed E-state index contributed by atoms with van der Waals surface area (Å²) in [4.78, 5) is 7.17. The maximum Gasteiger partial charge on any atom is 0.0544 e. The van der Waals surface area contributed by atoms with Crippen LogP contribution in [0.3, 0.4) is 0 Å². The van der Waals surface area contributed by atoms with E-state index in [0.717, 1.165) is 13.0 Å². The third kappa shape index (κ3) is 2.98. The van der Waals surface area contributed by atoms with Crippen LogP contribution in [-0.4, -0.2) is 36.1 Å². The summed E-state index contributed by atoms with van der Waals surface area (Å²) in [6.07, 6.45) is 7.21. The highest BCUT2D eigenvalue weighted by Gasteiger charge is 2.38. The normalized spacial score (nSPS) is 28.1. The molecule has 0 saturated carbocycles. The van der Waals surface area contributed by atoms with Crippen LogP contribution < -0.4 is 5.32 Å². The van der Waals surface area contributed by atoms with Gasteiger partial charge in [-0.25, -0.2) is 0 Å². The van der Waals surface area contributed by atoms with Gasteiger partial charge in [0.15, 0.2) is 0 Å². The van der Waals surface area contributed by atoms with E-state index in [9.17, 15) is 0 Å². The highest BCUT2D eigenvalue weighted by Crippen LogP contribution is 2.36. The largest absolute Gasteiger partial charge is 0.316 e. The average molecular weight is 259 g/mol. The van der Waals surface area contributed by atoms with Crippen LogP contribution in [0.4, 0.5) is 0 Å². The molecule has 1 aromatic heterocycles. The lowest BCUT2D eigenvalue weighted by molar-refractivity contribution is 0.199. The predicted molar refractivity (Wildman–Crippen MR) is 78.0 cm³/mol. The molecule has 1 N–H and O–H groups in total. The summed E-state index contributed by atoms with van der Waals surface area (Å²) in [5, 5.41) is 3.57. The van der Waals surface area contributed by atoms with Gasteiger partial charge < -0.3 is 5.32 Å². The lowest BCUT2D eigenvalue weighted by Gasteiger charge is -2.34. The number of piperidine rings is 1. The molecule has 0 aliphatic carbocycles. The SMILES string of the molecule is CCc1ccc(CN2CC[C@@]3(CCCNC3)C2)nc1. The van der Waals surface area contributed by atoms with Gasteiger partial charge >= 0.3 is 0 Å². The molecule has 104 valence electrons. The highest BCUT2D eigenvalue weighted by molar-refractivity contribution is 5.14. The van der Waals surface area contributed by atoms with E-state index < -0.39 is 0 Å². The zero-order chi connectivity index (χ0) is 13.1. The molecular weight excluding hydrogens is 234 g/mol. The maximum absolute atomic E-state index is 4.59. The van der Waals surface area contributed by atoms with Gasteiger partial charge in [0.1, 0.15) is 0 Å². The Balaban J connectivity index is 1.58. The van der Waals surface area contributed by atoms with E-state index in [1.54, 1.807) is 0 Å². The van der Waals surface area contributed by atoms with Crippen LogP contribution in [0.2, 0.25) is 0 Å². The van der Waals surface area contributed by atoms with Crippen molar-refractivity contribution in [2.45, 2.75) is 39.2 Å². The fourth-order valence-corrected chi connectivity index (χ4v) is 3.53. The lowest BCUT2D eigenvalue weighted by atomic mass is 9.80. The molecule has 0 aromatic carbocycles. The molecule has 0 bridgehead atoms. The first-order valence-corrected chi connectivity index (χ1v) is 7.67. The molecule has 2 saturated heterocycles. The fourth-order valence-electron chi connectivity index (χ4n) is 3.53. The van der Waals surface area contributed by atoms with E-state index in [2.05, 4.69) is 34.3 Å².